The number of nitrogens with zero attached hydrogens (tertiary/aromatic N) is 1. The van der Waals surface area contributed by atoms with E-state index in [1.54, 1.807) is 0 Å². The largest absolute Gasteiger partial charge is 0.309 e. The number of benzene rings is 9. The zero-order valence-electron chi connectivity index (χ0n) is 30.8. The molecule has 1 aliphatic rings. The van der Waals surface area contributed by atoms with Crippen LogP contribution >= 0.6 is 11.3 Å². The summed E-state index contributed by atoms with van der Waals surface area (Å²) in [6, 6.07) is 69.6. The summed E-state index contributed by atoms with van der Waals surface area (Å²) in [5.41, 5.74) is 13.6. The zero-order chi connectivity index (χ0) is 36.7. The van der Waals surface area contributed by atoms with Gasteiger partial charge in [0, 0.05) is 48.0 Å². The first kappa shape index (κ1) is 32.0. The lowest BCUT2D eigenvalue weighted by atomic mass is 9.82. The fourth-order valence-electron chi connectivity index (χ4n) is 9.19. The van der Waals surface area contributed by atoms with Gasteiger partial charge in [-0.1, -0.05) is 159 Å². The summed E-state index contributed by atoms with van der Waals surface area (Å²) in [7, 11) is 0. The minimum absolute atomic E-state index is 0.112. The number of thiophene rings is 1. The molecule has 0 aliphatic heterocycles. The highest BCUT2D eigenvalue weighted by Gasteiger charge is 2.38. The Bertz CT molecular complexity index is 3130. The van der Waals surface area contributed by atoms with Crippen LogP contribution in [0, 0.1) is 0 Å². The number of hydrogen-bond donors (Lipinski definition) is 0. The maximum Gasteiger partial charge on any atom is 0.0543 e. The lowest BCUT2D eigenvalue weighted by Gasteiger charge is -2.30. The van der Waals surface area contributed by atoms with Crippen LogP contribution in [0.1, 0.15) is 25.0 Å². The molecule has 0 fully saturated rings. The molecule has 260 valence electrons. The molecule has 9 aromatic carbocycles. The van der Waals surface area contributed by atoms with Gasteiger partial charge in [0.2, 0.25) is 0 Å². The lowest BCUT2D eigenvalue weighted by Crippen LogP contribution is -2.16. The second-order valence-corrected chi connectivity index (χ2v) is 16.3. The lowest BCUT2D eigenvalue weighted by molar-refractivity contribution is 0.660. The highest BCUT2D eigenvalue weighted by atomic mass is 32.1. The zero-order valence-corrected chi connectivity index (χ0v) is 31.6. The van der Waals surface area contributed by atoms with Crippen molar-refractivity contribution in [3.05, 3.63) is 199 Å². The van der Waals surface area contributed by atoms with Gasteiger partial charge in [0.05, 0.1) is 11.4 Å². The molecular weight excluding hydrogens is 683 g/mol. The third-order valence-electron chi connectivity index (χ3n) is 11.8. The van der Waals surface area contributed by atoms with E-state index in [-0.39, 0.29) is 5.41 Å². The fourth-order valence-corrected chi connectivity index (χ4v) is 10.4. The Balaban J connectivity index is 1.15. The van der Waals surface area contributed by atoms with Crippen molar-refractivity contribution < 1.29 is 0 Å². The monoisotopic (exact) mass is 719 g/mol. The molecule has 0 spiro atoms. The summed E-state index contributed by atoms with van der Waals surface area (Å²) in [5, 5.41) is 7.69. The van der Waals surface area contributed by atoms with E-state index < -0.39 is 0 Å². The summed E-state index contributed by atoms with van der Waals surface area (Å²) in [6.45, 7) is 4.73. The summed E-state index contributed by atoms with van der Waals surface area (Å²) >= 11 is 1.90. The SMILES string of the molecule is CC1(C)c2ccccc2-c2c(N(c3ccc(-c4c5ccccc5cc5c4sc4ccccc45)cc3)c3ccccc3-c3ccc4ccccc4c3)cccc21. The Morgan fingerprint density at radius 1 is 0.418 bits per heavy atom. The summed E-state index contributed by atoms with van der Waals surface area (Å²) in [4.78, 5) is 2.50. The van der Waals surface area contributed by atoms with Gasteiger partial charge in [-0.05, 0) is 91.8 Å². The van der Waals surface area contributed by atoms with Crippen molar-refractivity contribution in [3.8, 4) is 33.4 Å². The van der Waals surface area contributed by atoms with Crippen molar-refractivity contribution in [2.75, 3.05) is 4.90 Å². The molecule has 0 bridgehead atoms. The average molecular weight is 720 g/mol. The van der Waals surface area contributed by atoms with E-state index in [4.69, 9.17) is 0 Å². The van der Waals surface area contributed by atoms with E-state index in [0.717, 1.165) is 11.4 Å². The van der Waals surface area contributed by atoms with Crippen molar-refractivity contribution in [2.45, 2.75) is 19.3 Å². The van der Waals surface area contributed by atoms with Crippen molar-refractivity contribution in [3.63, 3.8) is 0 Å². The van der Waals surface area contributed by atoms with Gasteiger partial charge in [-0.25, -0.2) is 0 Å². The van der Waals surface area contributed by atoms with Crippen LogP contribution in [-0.4, -0.2) is 0 Å². The number of para-hydroxylation sites is 1. The normalized spacial score (nSPS) is 13.1. The molecule has 1 aliphatic carbocycles. The molecule has 0 N–H and O–H groups in total. The van der Waals surface area contributed by atoms with Crippen LogP contribution in [0.2, 0.25) is 0 Å². The first-order valence-electron chi connectivity index (χ1n) is 19.1. The molecule has 0 amide bonds. The van der Waals surface area contributed by atoms with Crippen LogP contribution in [0.3, 0.4) is 0 Å². The van der Waals surface area contributed by atoms with Gasteiger partial charge in [-0.2, -0.15) is 0 Å². The average Bonchev–Trinajstić information content (AvgIpc) is 3.72. The summed E-state index contributed by atoms with van der Waals surface area (Å²) in [5.74, 6) is 0. The van der Waals surface area contributed by atoms with Crippen LogP contribution < -0.4 is 4.90 Å². The third-order valence-corrected chi connectivity index (χ3v) is 13.0. The molecule has 55 heavy (non-hydrogen) atoms. The number of fused-ring (bicyclic) bond motifs is 8. The molecular formula is C53H37NS. The second kappa shape index (κ2) is 12.3. The van der Waals surface area contributed by atoms with E-state index in [9.17, 15) is 0 Å². The Labute approximate surface area is 325 Å². The van der Waals surface area contributed by atoms with Gasteiger partial charge in [0.25, 0.3) is 0 Å². The molecule has 0 saturated heterocycles. The molecule has 0 atom stereocenters. The molecule has 2 heteroatoms. The maximum atomic E-state index is 2.50. The van der Waals surface area contributed by atoms with E-state index in [1.807, 2.05) is 11.3 Å². The Hall–Kier alpha value is -6.48. The van der Waals surface area contributed by atoms with Gasteiger partial charge in [0.15, 0.2) is 0 Å². The quantitative estimate of drug-likeness (QED) is 0.171. The van der Waals surface area contributed by atoms with Crippen LogP contribution in [0.5, 0.6) is 0 Å². The molecule has 1 nitrogen and oxygen atoms in total. The smallest absolute Gasteiger partial charge is 0.0543 e. The van der Waals surface area contributed by atoms with Crippen LogP contribution in [-0.2, 0) is 5.41 Å². The van der Waals surface area contributed by atoms with Gasteiger partial charge in [-0.3, -0.25) is 0 Å². The van der Waals surface area contributed by atoms with Crippen LogP contribution in [0.4, 0.5) is 17.1 Å². The van der Waals surface area contributed by atoms with E-state index in [2.05, 4.69) is 207 Å². The molecule has 11 rings (SSSR count). The predicted molar refractivity (Wildman–Crippen MR) is 237 cm³/mol. The minimum Gasteiger partial charge on any atom is -0.309 e. The van der Waals surface area contributed by atoms with Crippen molar-refractivity contribution in [1.29, 1.82) is 0 Å². The van der Waals surface area contributed by atoms with E-state index in [0.29, 0.717) is 0 Å². The van der Waals surface area contributed by atoms with Crippen molar-refractivity contribution in [2.24, 2.45) is 0 Å². The van der Waals surface area contributed by atoms with Gasteiger partial charge in [-0.15, -0.1) is 11.3 Å². The Kier molecular flexibility index (Phi) is 7.14. The van der Waals surface area contributed by atoms with Crippen LogP contribution in [0.25, 0.3) is 75.1 Å². The molecule has 0 saturated carbocycles. The molecule has 0 radical (unpaired) electrons. The van der Waals surface area contributed by atoms with Gasteiger partial charge < -0.3 is 4.90 Å². The molecule has 0 unspecified atom stereocenters. The number of anilines is 3. The van der Waals surface area contributed by atoms with Crippen LogP contribution in [0.15, 0.2) is 188 Å². The Morgan fingerprint density at radius 3 is 1.91 bits per heavy atom. The highest BCUT2D eigenvalue weighted by molar-refractivity contribution is 7.26. The summed E-state index contributed by atoms with van der Waals surface area (Å²) in [6.07, 6.45) is 0. The standard InChI is InChI=1S/C53H37NS/c1-53(2)45-21-10-7-20-43(45)51-46(53)22-13-24-48(51)54(47-23-11-8-17-40(47)38-27-26-34-14-3-4-15-36(34)32-38)39-30-28-35(29-31-39)50-41-18-6-5-16-37(41)33-44-42-19-9-12-25-49(42)55-52(44)50/h3-33H,1-2H3. The van der Waals surface area contributed by atoms with E-state index in [1.165, 1.54) is 91.9 Å². The number of hydrogen-bond acceptors (Lipinski definition) is 2. The second-order valence-electron chi connectivity index (χ2n) is 15.3. The highest BCUT2D eigenvalue weighted by Crippen LogP contribution is 2.55. The van der Waals surface area contributed by atoms with E-state index >= 15 is 0 Å². The molecule has 1 aromatic heterocycles. The fraction of sp³-hybridized carbons (Fsp3) is 0.0566. The topological polar surface area (TPSA) is 3.24 Å². The van der Waals surface area contributed by atoms with Crippen molar-refractivity contribution in [1.82, 2.24) is 0 Å². The first-order valence-corrected chi connectivity index (χ1v) is 19.9. The summed E-state index contributed by atoms with van der Waals surface area (Å²) < 4.78 is 2.66. The maximum absolute atomic E-state index is 2.50. The van der Waals surface area contributed by atoms with Crippen molar-refractivity contribution >= 4 is 70.1 Å². The minimum atomic E-state index is -0.112. The Morgan fingerprint density at radius 2 is 1.05 bits per heavy atom. The first-order chi connectivity index (χ1) is 27.0. The molecule has 1 heterocycles. The van der Waals surface area contributed by atoms with Gasteiger partial charge >= 0.3 is 0 Å². The molecule has 10 aromatic rings. The predicted octanol–water partition coefficient (Wildman–Crippen LogP) is 15.5. The number of rotatable bonds is 5. The van der Waals surface area contributed by atoms with Gasteiger partial charge in [0.1, 0.15) is 0 Å². The third kappa shape index (κ3) is 4.92.